The summed E-state index contributed by atoms with van der Waals surface area (Å²) >= 11 is 0. The normalized spacial score (nSPS) is 32.9. The van der Waals surface area contributed by atoms with Gasteiger partial charge in [-0.1, -0.05) is 26.0 Å². The van der Waals surface area contributed by atoms with Gasteiger partial charge in [0.05, 0.1) is 12.7 Å². The Labute approximate surface area is 219 Å². The Morgan fingerprint density at radius 3 is 2.49 bits per heavy atom. The van der Waals surface area contributed by atoms with Gasteiger partial charge in [0, 0.05) is 25.3 Å². The van der Waals surface area contributed by atoms with Gasteiger partial charge < -0.3 is 18.9 Å². The zero-order valence-electron chi connectivity index (χ0n) is 22.9. The molecule has 2 saturated carbocycles. The van der Waals surface area contributed by atoms with Crippen LogP contribution in [0.5, 0.6) is 0 Å². The van der Waals surface area contributed by atoms with E-state index in [9.17, 15) is 19.2 Å². The van der Waals surface area contributed by atoms with Crippen LogP contribution in [-0.2, 0) is 38.1 Å². The van der Waals surface area contributed by atoms with Crippen molar-refractivity contribution in [2.45, 2.75) is 84.9 Å². The molecule has 3 aliphatic rings. The van der Waals surface area contributed by atoms with Crippen molar-refractivity contribution in [3.63, 3.8) is 0 Å². The van der Waals surface area contributed by atoms with Crippen molar-refractivity contribution < 1.29 is 38.1 Å². The van der Waals surface area contributed by atoms with Crippen LogP contribution in [0.3, 0.4) is 0 Å². The first-order valence-electron chi connectivity index (χ1n) is 13.0. The third kappa shape index (κ3) is 5.92. The third-order valence-corrected chi connectivity index (χ3v) is 8.82. The first kappa shape index (κ1) is 28.9. The van der Waals surface area contributed by atoms with Gasteiger partial charge >= 0.3 is 23.9 Å². The lowest BCUT2D eigenvalue weighted by atomic mass is 9.46. The number of ether oxygens (including phenoxy) is 4. The highest BCUT2D eigenvalue weighted by atomic mass is 16.6. The molecule has 9 nitrogen and oxygen atoms in total. The predicted octanol–water partition coefficient (Wildman–Crippen LogP) is 3.26. The van der Waals surface area contributed by atoms with Crippen LogP contribution in [0, 0.1) is 22.7 Å². The smallest absolute Gasteiger partial charge is 0.335 e. The lowest BCUT2D eigenvalue weighted by Crippen LogP contribution is -2.59. The number of methoxy groups -OCH3 is 1. The Hall–Kier alpha value is -2.68. The van der Waals surface area contributed by atoms with E-state index in [1.54, 1.807) is 13.0 Å². The Balaban J connectivity index is 1.96. The zero-order chi connectivity index (χ0) is 27.5. The molecule has 0 aromatic rings. The van der Waals surface area contributed by atoms with Gasteiger partial charge in [-0.3, -0.25) is 19.7 Å². The Morgan fingerprint density at radius 1 is 1.22 bits per heavy atom. The van der Waals surface area contributed by atoms with Gasteiger partial charge in [0.15, 0.2) is 0 Å². The van der Waals surface area contributed by atoms with Gasteiger partial charge in [0.25, 0.3) is 0 Å². The fraction of sp³-hybridized carbons (Fsp3) is 0.714. The summed E-state index contributed by atoms with van der Waals surface area (Å²) in [5, 5.41) is 3.29. The number of cyclic esters (lactones) is 1. The van der Waals surface area contributed by atoms with Crippen LogP contribution < -0.4 is 5.32 Å². The van der Waals surface area contributed by atoms with Crippen molar-refractivity contribution in [1.29, 1.82) is 0 Å². The van der Waals surface area contributed by atoms with Crippen LogP contribution in [0.1, 0.15) is 66.7 Å². The molecule has 0 amide bonds. The molecule has 2 fully saturated rings. The fourth-order valence-corrected chi connectivity index (χ4v) is 6.98. The third-order valence-electron chi connectivity index (χ3n) is 8.82. The largest absolute Gasteiger partial charge is 0.468 e. The molecule has 3 rings (SSSR count). The van der Waals surface area contributed by atoms with Gasteiger partial charge in [-0.25, -0.2) is 4.79 Å². The highest BCUT2D eigenvalue weighted by Crippen LogP contribution is 2.62. The topological polar surface area (TPSA) is 117 Å². The van der Waals surface area contributed by atoms with Gasteiger partial charge in [-0.15, -0.1) is 0 Å². The number of hydrogen-bond acceptors (Lipinski definition) is 9. The van der Waals surface area contributed by atoms with Crippen LogP contribution in [0.2, 0.25) is 0 Å². The summed E-state index contributed by atoms with van der Waals surface area (Å²) in [6, 6.07) is -1.06. The van der Waals surface area contributed by atoms with E-state index in [1.165, 1.54) is 21.0 Å². The molecule has 0 radical (unpaired) electrons. The highest BCUT2D eigenvalue weighted by molar-refractivity contribution is 5.92. The maximum atomic E-state index is 12.6. The average Bonchev–Trinajstić information content (AvgIpc) is 3.26. The minimum atomic E-state index is -0.626. The second kappa shape index (κ2) is 11.4. The molecule has 9 heteroatoms. The molecule has 1 heterocycles. The van der Waals surface area contributed by atoms with Crippen LogP contribution in [-0.4, -0.2) is 62.4 Å². The molecular weight excluding hydrogens is 478 g/mol. The van der Waals surface area contributed by atoms with E-state index < -0.39 is 29.4 Å². The predicted molar refractivity (Wildman–Crippen MR) is 135 cm³/mol. The number of esters is 4. The number of rotatable bonds is 9. The Kier molecular flexibility index (Phi) is 8.88. The van der Waals surface area contributed by atoms with Gasteiger partial charge in [0.1, 0.15) is 25.4 Å². The van der Waals surface area contributed by atoms with Crippen LogP contribution in [0.4, 0.5) is 0 Å². The quantitative estimate of drug-likeness (QED) is 0.278. The van der Waals surface area contributed by atoms with Crippen LogP contribution in [0.25, 0.3) is 0 Å². The second-order valence-electron chi connectivity index (χ2n) is 11.2. The SMILES string of the molecule is C=C1CCC2[C@](C)(COC(C)=O)[C@H](OC(C)=O)CC[C@]2(C)[C@H]1CC(NC(C)C(=O)OC)C1=CCOC1=O. The van der Waals surface area contributed by atoms with E-state index in [2.05, 4.69) is 18.8 Å². The number of carbonyl (C=O) groups is 4. The first-order valence-corrected chi connectivity index (χ1v) is 13.0. The first-order chi connectivity index (χ1) is 17.3. The number of hydrogen-bond donors (Lipinski definition) is 1. The van der Waals surface area contributed by atoms with E-state index in [1.807, 2.05) is 6.92 Å². The molecule has 2 aliphatic carbocycles. The average molecular weight is 520 g/mol. The van der Waals surface area contributed by atoms with Crippen molar-refractivity contribution in [3.8, 4) is 0 Å². The number of nitrogens with one attached hydrogen (secondary N) is 1. The lowest BCUT2D eigenvalue weighted by molar-refractivity contribution is -0.192. The van der Waals surface area contributed by atoms with Gasteiger partial charge in [-0.2, -0.15) is 0 Å². The van der Waals surface area contributed by atoms with E-state index in [0.717, 1.165) is 24.8 Å². The maximum absolute atomic E-state index is 12.6. The monoisotopic (exact) mass is 519 g/mol. The standard InChI is InChI=1S/C28H41NO8/c1-16-8-9-23-27(5,12-10-24(37-19(4)31)28(23,6)15-36-18(3)30)21(16)14-22(20-11-13-35-26(20)33)29-17(2)25(32)34-7/h11,17,21-24,29H,1,8-10,12-15H2,2-7H3/t17?,21-,22?,23?,24+,27+,28-/m0/s1. The van der Waals surface area contributed by atoms with E-state index >= 15 is 0 Å². The summed E-state index contributed by atoms with van der Waals surface area (Å²) in [6.45, 7) is 13.5. The minimum Gasteiger partial charge on any atom is -0.468 e. The molecule has 3 unspecified atom stereocenters. The molecule has 0 saturated heterocycles. The van der Waals surface area contributed by atoms with E-state index in [4.69, 9.17) is 18.9 Å². The highest BCUT2D eigenvalue weighted by Gasteiger charge is 2.60. The molecule has 37 heavy (non-hydrogen) atoms. The van der Waals surface area contributed by atoms with E-state index in [-0.39, 0.29) is 48.5 Å². The summed E-state index contributed by atoms with van der Waals surface area (Å²) < 4.78 is 21.4. The van der Waals surface area contributed by atoms with E-state index in [0.29, 0.717) is 18.4 Å². The van der Waals surface area contributed by atoms with Crippen molar-refractivity contribution >= 4 is 23.9 Å². The fourth-order valence-electron chi connectivity index (χ4n) is 6.98. The van der Waals surface area contributed by atoms with Gasteiger partial charge in [-0.05, 0) is 62.4 Å². The number of allylic oxidation sites excluding steroid dienone is 1. The Morgan fingerprint density at radius 2 is 1.92 bits per heavy atom. The summed E-state index contributed by atoms with van der Waals surface area (Å²) in [4.78, 5) is 48.5. The second-order valence-corrected chi connectivity index (χ2v) is 11.2. The summed E-state index contributed by atoms with van der Waals surface area (Å²) in [5.41, 5.74) is 0.740. The van der Waals surface area contributed by atoms with Crippen molar-refractivity contribution in [2.75, 3.05) is 20.3 Å². The molecular formula is C28H41NO8. The van der Waals surface area contributed by atoms with Crippen molar-refractivity contribution in [1.82, 2.24) is 5.32 Å². The summed E-state index contributed by atoms with van der Waals surface area (Å²) in [6.07, 6.45) is 4.90. The van der Waals surface area contributed by atoms with Crippen LogP contribution in [0.15, 0.2) is 23.8 Å². The zero-order valence-corrected chi connectivity index (χ0v) is 22.9. The van der Waals surface area contributed by atoms with Crippen molar-refractivity contribution in [2.24, 2.45) is 22.7 Å². The summed E-state index contributed by atoms with van der Waals surface area (Å²) in [5.74, 6) is -1.48. The molecule has 0 aromatic heterocycles. The van der Waals surface area contributed by atoms with Crippen LogP contribution >= 0.6 is 0 Å². The lowest BCUT2D eigenvalue weighted by Gasteiger charge is -2.60. The molecule has 0 spiro atoms. The molecule has 1 N–H and O–H groups in total. The maximum Gasteiger partial charge on any atom is 0.335 e. The number of fused-ring (bicyclic) bond motifs is 1. The molecule has 0 bridgehead atoms. The molecule has 0 aromatic carbocycles. The number of carbonyl (C=O) groups excluding carboxylic acids is 4. The molecule has 206 valence electrons. The summed E-state index contributed by atoms with van der Waals surface area (Å²) in [7, 11) is 1.33. The molecule has 1 aliphatic heterocycles. The molecule has 7 atom stereocenters. The Bertz CT molecular complexity index is 973. The van der Waals surface area contributed by atoms with Gasteiger partial charge in [0.2, 0.25) is 0 Å². The van der Waals surface area contributed by atoms with Crippen molar-refractivity contribution in [3.05, 3.63) is 23.8 Å². The minimum absolute atomic E-state index is 0.00201.